The van der Waals surface area contributed by atoms with Crippen LogP contribution in [0.1, 0.15) is 27.0 Å². The summed E-state index contributed by atoms with van der Waals surface area (Å²) in [6.07, 6.45) is -3.44. The van der Waals surface area contributed by atoms with Crippen LogP contribution >= 0.6 is 11.6 Å². The van der Waals surface area contributed by atoms with Crippen LogP contribution in [0, 0.1) is 6.92 Å². The zero-order valence-electron chi connectivity index (χ0n) is 17.1. The second-order valence-corrected chi connectivity index (χ2v) is 9.62. The molecule has 33 heavy (non-hydrogen) atoms. The maximum absolute atomic E-state index is 13.1. The maximum atomic E-state index is 13.1. The SMILES string of the molecule is Cc1cccc(Cl)c1C(=O)Cc1ccc2cnn(S(=O)(=O)c3cccc(C(F)(F)F)c3)c2c1. The largest absolute Gasteiger partial charge is 0.416 e. The van der Waals surface area contributed by atoms with Crippen molar-refractivity contribution in [3.05, 3.63) is 94.1 Å². The monoisotopic (exact) mass is 492 g/mol. The number of aryl methyl sites for hydroxylation is 1. The molecule has 0 radical (unpaired) electrons. The molecule has 1 heterocycles. The fraction of sp³-hybridized carbons (Fsp3) is 0.130. The molecular formula is C23H16ClF3N2O3S. The molecular weight excluding hydrogens is 477 g/mol. The molecule has 0 saturated heterocycles. The van der Waals surface area contributed by atoms with E-state index in [9.17, 15) is 26.4 Å². The molecule has 0 unspecified atom stereocenters. The normalized spacial score (nSPS) is 12.3. The number of rotatable bonds is 5. The zero-order valence-corrected chi connectivity index (χ0v) is 18.7. The Morgan fingerprint density at radius 1 is 1.06 bits per heavy atom. The summed E-state index contributed by atoms with van der Waals surface area (Å²) in [5.74, 6) is -0.246. The van der Waals surface area contributed by atoms with E-state index in [0.29, 0.717) is 37.3 Å². The third-order valence-corrected chi connectivity index (χ3v) is 7.07. The molecule has 10 heteroatoms. The van der Waals surface area contributed by atoms with E-state index in [1.54, 1.807) is 37.3 Å². The standard InChI is InChI=1S/C23H16ClF3N2O3S/c1-14-4-2-7-19(24)22(14)21(30)11-15-8-9-16-13-28-29(20(16)10-15)33(31,32)18-6-3-5-17(12-18)23(25,26)27/h2-10,12-13H,11H2,1H3. The van der Waals surface area contributed by atoms with Crippen LogP contribution in [-0.4, -0.2) is 23.4 Å². The number of Topliss-reactive ketones (excluding diaryl/α,β-unsaturated/α-hetero) is 1. The predicted octanol–water partition coefficient (Wildman–Crippen LogP) is 5.68. The van der Waals surface area contributed by atoms with Gasteiger partial charge in [0, 0.05) is 17.4 Å². The van der Waals surface area contributed by atoms with Crippen molar-refractivity contribution < 1.29 is 26.4 Å². The molecule has 0 amide bonds. The minimum absolute atomic E-state index is 0.0463. The Labute approximate surface area is 192 Å². The topological polar surface area (TPSA) is 69.0 Å². The predicted molar refractivity (Wildman–Crippen MR) is 118 cm³/mol. The molecule has 0 spiro atoms. The van der Waals surface area contributed by atoms with Gasteiger partial charge >= 0.3 is 6.18 Å². The van der Waals surface area contributed by atoms with Crippen LogP contribution in [0.15, 0.2) is 71.8 Å². The zero-order chi connectivity index (χ0) is 24.0. The number of nitrogens with zero attached hydrogens (tertiary/aromatic N) is 2. The molecule has 4 aromatic rings. The van der Waals surface area contributed by atoms with Gasteiger partial charge in [0.15, 0.2) is 5.78 Å². The second-order valence-electron chi connectivity index (χ2n) is 7.44. The Morgan fingerprint density at radius 3 is 2.48 bits per heavy atom. The van der Waals surface area contributed by atoms with Gasteiger partial charge in [-0.05, 0) is 48.4 Å². The molecule has 0 aliphatic heterocycles. The Balaban J connectivity index is 1.74. The number of aromatic nitrogens is 2. The number of fused-ring (bicyclic) bond motifs is 1. The van der Waals surface area contributed by atoms with Crippen molar-refractivity contribution in [2.45, 2.75) is 24.4 Å². The molecule has 5 nitrogen and oxygen atoms in total. The number of carbonyl (C=O) groups is 1. The lowest BCUT2D eigenvalue weighted by Crippen LogP contribution is -2.16. The van der Waals surface area contributed by atoms with Crippen LogP contribution in [0.2, 0.25) is 5.02 Å². The molecule has 0 saturated carbocycles. The van der Waals surface area contributed by atoms with Gasteiger partial charge in [-0.1, -0.05) is 41.9 Å². The molecule has 0 N–H and O–H groups in total. The number of halogens is 4. The van der Waals surface area contributed by atoms with Gasteiger partial charge < -0.3 is 0 Å². The second kappa shape index (κ2) is 8.31. The van der Waals surface area contributed by atoms with Gasteiger partial charge in [0.05, 0.1) is 27.2 Å². The minimum atomic E-state index is -4.69. The van der Waals surface area contributed by atoms with Gasteiger partial charge in [0.2, 0.25) is 0 Å². The molecule has 0 fully saturated rings. The molecule has 3 aromatic carbocycles. The first-order valence-electron chi connectivity index (χ1n) is 9.66. The lowest BCUT2D eigenvalue weighted by Gasteiger charge is -2.11. The van der Waals surface area contributed by atoms with E-state index in [0.717, 1.165) is 18.2 Å². The molecule has 0 aliphatic carbocycles. The molecule has 4 rings (SSSR count). The Hall–Kier alpha value is -3.17. The summed E-state index contributed by atoms with van der Waals surface area (Å²) >= 11 is 6.17. The summed E-state index contributed by atoms with van der Waals surface area (Å²) in [4.78, 5) is 12.3. The summed E-state index contributed by atoms with van der Waals surface area (Å²) in [6.45, 7) is 1.76. The number of benzene rings is 3. The van der Waals surface area contributed by atoms with Crippen LogP contribution in [0.5, 0.6) is 0 Å². The molecule has 0 bridgehead atoms. The highest BCUT2D eigenvalue weighted by molar-refractivity contribution is 7.90. The Kier molecular flexibility index (Phi) is 5.79. The average molecular weight is 493 g/mol. The van der Waals surface area contributed by atoms with Crippen molar-refractivity contribution in [1.82, 2.24) is 9.19 Å². The highest BCUT2D eigenvalue weighted by atomic mass is 35.5. The van der Waals surface area contributed by atoms with Crippen LogP contribution in [0.4, 0.5) is 13.2 Å². The molecule has 170 valence electrons. The van der Waals surface area contributed by atoms with Crippen molar-refractivity contribution in [3.63, 3.8) is 0 Å². The van der Waals surface area contributed by atoms with Crippen LogP contribution in [0.3, 0.4) is 0 Å². The van der Waals surface area contributed by atoms with Crippen LogP contribution in [-0.2, 0) is 22.6 Å². The van der Waals surface area contributed by atoms with Gasteiger partial charge in [0.25, 0.3) is 10.0 Å². The first kappa shape index (κ1) is 23.0. The number of hydrogen-bond donors (Lipinski definition) is 0. The van der Waals surface area contributed by atoms with E-state index in [2.05, 4.69) is 5.10 Å². The number of ketones is 1. The quantitative estimate of drug-likeness (QED) is 0.336. The van der Waals surface area contributed by atoms with Gasteiger partial charge in [-0.3, -0.25) is 4.79 Å². The number of hydrogen-bond acceptors (Lipinski definition) is 4. The highest BCUT2D eigenvalue weighted by Crippen LogP contribution is 2.31. The molecule has 1 aromatic heterocycles. The molecule has 0 atom stereocenters. The summed E-state index contributed by atoms with van der Waals surface area (Å²) in [7, 11) is -4.42. The summed E-state index contributed by atoms with van der Waals surface area (Å²) < 4.78 is 66.0. The summed E-state index contributed by atoms with van der Waals surface area (Å²) in [5, 5.41) is 4.66. The first-order valence-corrected chi connectivity index (χ1v) is 11.5. The molecule has 0 aliphatic rings. The van der Waals surface area contributed by atoms with Crippen molar-refractivity contribution >= 4 is 38.3 Å². The number of carbonyl (C=O) groups excluding carboxylic acids is 1. The lowest BCUT2D eigenvalue weighted by atomic mass is 9.99. The third kappa shape index (κ3) is 4.38. The number of alkyl halides is 3. The van der Waals surface area contributed by atoms with Crippen molar-refractivity contribution in [2.75, 3.05) is 0 Å². The van der Waals surface area contributed by atoms with Crippen molar-refractivity contribution in [1.29, 1.82) is 0 Å². The van der Waals surface area contributed by atoms with Crippen molar-refractivity contribution in [3.8, 4) is 0 Å². The van der Waals surface area contributed by atoms with E-state index in [1.807, 2.05) is 0 Å². The van der Waals surface area contributed by atoms with Gasteiger partial charge in [-0.25, -0.2) is 0 Å². The van der Waals surface area contributed by atoms with Crippen LogP contribution in [0.25, 0.3) is 10.9 Å². The van der Waals surface area contributed by atoms with Gasteiger partial charge in [-0.15, -0.1) is 0 Å². The van der Waals surface area contributed by atoms with E-state index >= 15 is 0 Å². The minimum Gasteiger partial charge on any atom is -0.294 e. The fourth-order valence-electron chi connectivity index (χ4n) is 3.53. The lowest BCUT2D eigenvalue weighted by molar-refractivity contribution is -0.137. The fourth-order valence-corrected chi connectivity index (χ4v) is 5.18. The summed E-state index contributed by atoms with van der Waals surface area (Å²) in [6, 6.07) is 13.3. The first-order chi connectivity index (χ1) is 15.5. The Morgan fingerprint density at radius 2 is 1.79 bits per heavy atom. The maximum Gasteiger partial charge on any atom is 0.416 e. The van der Waals surface area contributed by atoms with E-state index in [-0.39, 0.29) is 17.7 Å². The van der Waals surface area contributed by atoms with E-state index in [4.69, 9.17) is 11.6 Å². The smallest absolute Gasteiger partial charge is 0.294 e. The summed E-state index contributed by atoms with van der Waals surface area (Å²) in [5.41, 5.74) is 0.665. The van der Waals surface area contributed by atoms with Crippen molar-refractivity contribution in [2.24, 2.45) is 0 Å². The third-order valence-electron chi connectivity index (χ3n) is 5.15. The Bertz CT molecular complexity index is 1470. The van der Waals surface area contributed by atoms with E-state index < -0.39 is 26.7 Å². The van der Waals surface area contributed by atoms with E-state index in [1.165, 1.54) is 12.3 Å². The average Bonchev–Trinajstić information content (AvgIpc) is 3.17. The van der Waals surface area contributed by atoms with Gasteiger partial charge in [-0.2, -0.15) is 30.8 Å². The highest BCUT2D eigenvalue weighted by Gasteiger charge is 2.32. The van der Waals surface area contributed by atoms with Gasteiger partial charge in [0.1, 0.15) is 0 Å². The van der Waals surface area contributed by atoms with Crippen LogP contribution < -0.4 is 0 Å².